The molecule has 0 N–H and O–H groups in total. The number of hydrogen-bond donors (Lipinski definition) is 0. The molecule has 0 atom stereocenters. The Morgan fingerprint density at radius 3 is 2.52 bits per heavy atom. The van der Waals surface area contributed by atoms with Crippen molar-refractivity contribution in [1.29, 1.82) is 0 Å². The van der Waals surface area contributed by atoms with Gasteiger partial charge < -0.3 is 14.5 Å². The van der Waals surface area contributed by atoms with Gasteiger partial charge in [0.25, 0.3) is 0 Å². The van der Waals surface area contributed by atoms with Crippen molar-refractivity contribution in [2.75, 3.05) is 46.4 Å². The molecule has 1 heterocycles. The number of ether oxygens (including phenoxy) is 1. The lowest BCUT2D eigenvalue weighted by Gasteiger charge is -2.32. The van der Waals surface area contributed by atoms with E-state index in [1.54, 1.807) is 5.56 Å². The summed E-state index contributed by atoms with van der Waals surface area (Å²) in [4.78, 5) is 5.04. The van der Waals surface area contributed by atoms with E-state index in [9.17, 15) is 0 Å². The molecular formula is C20H32N2O. The van der Waals surface area contributed by atoms with Crippen LogP contribution in [0.25, 0.3) is 0 Å². The van der Waals surface area contributed by atoms with Crippen LogP contribution in [0.1, 0.15) is 42.9 Å². The largest absolute Gasteiger partial charge is 0.493 e. The molecule has 1 aliphatic heterocycles. The van der Waals surface area contributed by atoms with E-state index >= 15 is 0 Å². The van der Waals surface area contributed by atoms with Gasteiger partial charge in [0.1, 0.15) is 5.75 Å². The quantitative estimate of drug-likeness (QED) is 0.768. The van der Waals surface area contributed by atoms with Crippen molar-refractivity contribution in [1.82, 2.24) is 9.80 Å². The average molecular weight is 316 g/mol. The van der Waals surface area contributed by atoms with Crippen molar-refractivity contribution >= 4 is 0 Å². The van der Waals surface area contributed by atoms with Gasteiger partial charge >= 0.3 is 0 Å². The van der Waals surface area contributed by atoms with E-state index in [1.807, 2.05) is 0 Å². The molecule has 0 radical (unpaired) electrons. The molecule has 1 aromatic rings. The maximum Gasteiger partial charge on any atom is 0.122 e. The Hall–Kier alpha value is -1.06. The molecular weight excluding hydrogens is 284 g/mol. The highest BCUT2D eigenvalue weighted by molar-refractivity contribution is 5.45. The number of aryl methyl sites for hydroxylation is 3. The van der Waals surface area contributed by atoms with Crippen molar-refractivity contribution in [2.24, 2.45) is 0 Å². The summed E-state index contributed by atoms with van der Waals surface area (Å²) in [5.41, 5.74) is 4.54. The first-order valence-electron chi connectivity index (χ1n) is 9.44. The second kappa shape index (κ2) is 8.16. The zero-order valence-corrected chi connectivity index (χ0v) is 14.9. The second-order valence-corrected chi connectivity index (χ2v) is 7.18. The van der Waals surface area contributed by atoms with Crippen LogP contribution in [0.5, 0.6) is 5.75 Å². The van der Waals surface area contributed by atoms with E-state index in [1.165, 1.54) is 69.5 Å². The number of nitrogens with zero attached hydrogens (tertiary/aromatic N) is 2. The van der Waals surface area contributed by atoms with Crippen LogP contribution in [0.4, 0.5) is 0 Å². The van der Waals surface area contributed by atoms with Gasteiger partial charge in [-0.05, 0) is 74.9 Å². The first-order chi connectivity index (χ1) is 11.3. The fraction of sp³-hybridized carbons (Fsp3) is 0.700. The lowest BCUT2D eigenvalue weighted by molar-refractivity contribution is 0.153. The van der Waals surface area contributed by atoms with E-state index in [4.69, 9.17) is 4.74 Å². The number of benzene rings is 1. The molecule has 0 unspecified atom stereocenters. The van der Waals surface area contributed by atoms with Crippen molar-refractivity contribution in [3.05, 3.63) is 28.8 Å². The fourth-order valence-corrected chi connectivity index (χ4v) is 3.76. The fourth-order valence-electron chi connectivity index (χ4n) is 3.76. The van der Waals surface area contributed by atoms with Crippen molar-refractivity contribution in [3.8, 4) is 5.75 Å². The highest BCUT2D eigenvalue weighted by Gasteiger charge is 2.17. The summed E-state index contributed by atoms with van der Waals surface area (Å²) in [6.07, 6.45) is 7.28. The Bertz CT molecular complexity index is 507. The summed E-state index contributed by atoms with van der Waals surface area (Å²) in [5, 5.41) is 0. The number of likely N-dealkylation sites (N-methyl/N-ethyl adjacent to an activating group) is 1. The normalized spacial score (nSPS) is 19.0. The topological polar surface area (TPSA) is 15.7 Å². The van der Waals surface area contributed by atoms with Gasteiger partial charge in [0.05, 0.1) is 6.61 Å². The van der Waals surface area contributed by atoms with Gasteiger partial charge in [-0.3, -0.25) is 0 Å². The molecule has 0 bridgehead atoms. The molecule has 1 fully saturated rings. The third-order valence-electron chi connectivity index (χ3n) is 5.25. The number of rotatable bonds is 7. The Morgan fingerprint density at radius 2 is 1.78 bits per heavy atom. The first-order valence-corrected chi connectivity index (χ1v) is 9.44. The molecule has 1 aromatic carbocycles. The highest BCUT2D eigenvalue weighted by atomic mass is 16.5. The van der Waals surface area contributed by atoms with E-state index in [0.717, 1.165) is 25.2 Å². The van der Waals surface area contributed by atoms with Crippen LogP contribution in [0.3, 0.4) is 0 Å². The number of fused-ring (bicyclic) bond motifs is 1. The summed E-state index contributed by atoms with van der Waals surface area (Å²) in [7, 11) is 2.22. The van der Waals surface area contributed by atoms with Gasteiger partial charge in [0, 0.05) is 26.2 Å². The molecule has 0 amide bonds. The Balaban J connectivity index is 1.57. The van der Waals surface area contributed by atoms with Crippen LogP contribution < -0.4 is 4.74 Å². The van der Waals surface area contributed by atoms with Gasteiger partial charge in [-0.2, -0.15) is 0 Å². The first kappa shape index (κ1) is 16.8. The number of hydrogen-bond acceptors (Lipinski definition) is 3. The molecule has 3 rings (SSSR count). The maximum atomic E-state index is 6.05. The Labute approximate surface area is 141 Å². The molecule has 23 heavy (non-hydrogen) atoms. The van der Waals surface area contributed by atoms with Gasteiger partial charge in [0.15, 0.2) is 0 Å². The minimum absolute atomic E-state index is 0.838. The van der Waals surface area contributed by atoms with Gasteiger partial charge in [-0.15, -0.1) is 0 Å². The van der Waals surface area contributed by atoms with Crippen LogP contribution >= 0.6 is 0 Å². The summed E-state index contributed by atoms with van der Waals surface area (Å²) >= 11 is 0. The van der Waals surface area contributed by atoms with Gasteiger partial charge in [-0.1, -0.05) is 13.0 Å². The number of piperazine rings is 1. The molecule has 0 spiro atoms. The maximum absolute atomic E-state index is 6.05. The van der Waals surface area contributed by atoms with E-state index in [-0.39, 0.29) is 0 Å². The molecule has 3 heteroatoms. The van der Waals surface area contributed by atoms with Crippen LogP contribution in [0.15, 0.2) is 12.1 Å². The minimum Gasteiger partial charge on any atom is -0.493 e. The van der Waals surface area contributed by atoms with Crippen LogP contribution in [-0.4, -0.2) is 56.2 Å². The Kier molecular flexibility index (Phi) is 5.96. The average Bonchev–Trinajstić information content (AvgIpc) is 3.01. The molecule has 0 saturated carbocycles. The lowest BCUT2D eigenvalue weighted by Crippen LogP contribution is -2.44. The standard InChI is InChI=1S/C20H32N2O/c1-3-14-23-20-16-18-7-4-6-17(18)15-19(20)8-5-9-22-12-10-21(2)11-13-22/h15-16H,3-14H2,1-2H3. The Morgan fingerprint density at radius 1 is 1.04 bits per heavy atom. The molecule has 0 aromatic heterocycles. The van der Waals surface area contributed by atoms with E-state index in [2.05, 4.69) is 35.9 Å². The highest BCUT2D eigenvalue weighted by Crippen LogP contribution is 2.31. The smallest absolute Gasteiger partial charge is 0.122 e. The van der Waals surface area contributed by atoms with Crippen LogP contribution in [0.2, 0.25) is 0 Å². The third kappa shape index (κ3) is 4.48. The summed E-state index contributed by atoms with van der Waals surface area (Å²) < 4.78 is 6.05. The second-order valence-electron chi connectivity index (χ2n) is 7.18. The van der Waals surface area contributed by atoms with Crippen molar-refractivity contribution < 1.29 is 4.74 Å². The molecule has 2 aliphatic rings. The SMILES string of the molecule is CCCOc1cc2c(cc1CCCN1CCN(C)CC1)CCC2. The van der Waals surface area contributed by atoms with Crippen LogP contribution in [0, 0.1) is 0 Å². The summed E-state index contributed by atoms with van der Waals surface area (Å²) in [6, 6.07) is 4.78. The molecule has 128 valence electrons. The third-order valence-corrected chi connectivity index (χ3v) is 5.25. The van der Waals surface area contributed by atoms with Crippen LogP contribution in [-0.2, 0) is 19.3 Å². The van der Waals surface area contributed by atoms with Gasteiger partial charge in [0.2, 0.25) is 0 Å². The monoisotopic (exact) mass is 316 g/mol. The predicted molar refractivity (Wildman–Crippen MR) is 96.5 cm³/mol. The minimum atomic E-state index is 0.838. The molecule has 1 aliphatic carbocycles. The summed E-state index contributed by atoms with van der Waals surface area (Å²) in [6.45, 7) is 9.11. The van der Waals surface area contributed by atoms with Gasteiger partial charge in [-0.25, -0.2) is 0 Å². The molecule has 1 saturated heterocycles. The lowest BCUT2D eigenvalue weighted by atomic mass is 10.0. The predicted octanol–water partition coefficient (Wildman–Crippen LogP) is 3.14. The summed E-state index contributed by atoms with van der Waals surface area (Å²) in [5.74, 6) is 1.16. The zero-order valence-electron chi connectivity index (χ0n) is 14.9. The van der Waals surface area contributed by atoms with Crippen molar-refractivity contribution in [2.45, 2.75) is 45.4 Å². The molecule has 3 nitrogen and oxygen atoms in total. The van der Waals surface area contributed by atoms with E-state index in [0.29, 0.717) is 0 Å². The van der Waals surface area contributed by atoms with Crippen molar-refractivity contribution in [3.63, 3.8) is 0 Å². The van der Waals surface area contributed by atoms with E-state index < -0.39 is 0 Å². The zero-order chi connectivity index (χ0) is 16.1.